The van der Waals surface area contributed by atoms with Crippen LogP contribution in [0.3, 0.4) is 0 Å². The van der Waals surface area contributed by atoms with Gasteiger partial charge in [0, 0.05) is 34.0 Å². The normalized spacial score (nSPS) is 19.3. The number of pyridine rings is 1. The van der Waals surface area contributed by atoms with Gasteiger partial charge in [0.15, 0.2) is 6.20 Å². The molecule has 0 aliphatic heterocycles. The Labute approximate surface area is 206 Å². The van der Waals surface area contributed by atoms with E-state index in [1.807, 2.05) is 43.6 Å². The number of aryl methyl sites for hydroxylation is 2. The number of ether oxygens (including phenoxy) is 1. The van der Waals surface area contributed by atoms with Crippen LogP contribution in [0.1, 0.15) is 36.0 Å². The molecule has 34 heavy (non-hydrogen) atoms. The van der Waals surface area contributed by atoms with Crippen LogP contribution in [0.15, 0.2) is 71.3 Å². The monoisotopic (exact) mass is 452 g/mol. The van der Waals surface area contributed by atoms with Crippen LogP contribution < -0.4 is 9.30 Å². The van der Waals surface area contributed by atoms with E-state index < -0.39 is 18.2 Å². The Balaban J connectivity index is 1.66. The average Bonchev–Trinajstić information content (AvgIpc) is 3.30. The van der Waals surface area contributed by atoms with Crippen LogP contribution in [0.2, 0.25) is 0 Å². The fourth-order valence-corrected chi connectivity index (χ4v) is 5.08. The minimum Gasteiger partial charge on any atom is -0.497 e. The van der Waals surface area contributed by atoms with Gasteiger partial charge >= 0.3 is 0 Å². The number of furan rings is 1. The maximum Gasteiger partial charge on any atom is 0.216 e. The zero-order valence-electron chi connectivity index (χ0n) is 24.1. The standard InChI is InChI=1S/C31H30NO2/c1-19-9-12-24-26-16-23(33-5)15-25(20-10-11-21-17-31(2,3)18-22(21)14-20)29(26)34-30(24)28(19)27-8-6-7-13-32(27)4/h6-16H,17-18H2,1-5H3/q+1/i17D2,18D2. The molecule has 1 aliphatic carbocycles. The van der Waals surface area contributed by atoms with Gasteiger partial charge in [-0.15, -0.1) is 0 Å². The molecule has 1 aliphatic rings. The van der Waals surface area contributed by atoms with E-state index in [0.717, 1.165) is 44.3 Å². The third-order valence-electron chi connectivity index (χ3n) is 6.69. The molecular weight excluding hydrogens is 418 g/mol. The molecule has 3 heteroatoms. The van der Waals surface area contributed by atoms with Crippen molar-refractivity contribution in [1.29, 1.82) is 0 Å². The Hall–Kier alpha value is -3.59. The molecule has 6 rings (SSSR count). The van der Waals surface area contributed by atoms with E-state index in [9.17, 15) is 0 Å². The number of benzene rings is 3. The van der Waals surface area contributed by atoms with Gasteiger partial charge in [-0.25, -0.2) is 4.57 Å². The predicted molar refractivity (Wildman–Crippen MR) is 138 cm³/mol. The van der Waals surface area contributed by atoms with Gasteiger partial charge in [0.25, 0.3) is 0 Å². The molecule has 0 amide bonds. The largest absolute Gasteiger partial charge is 0.497 e. The van der Waals surface area contributed by atoms with Gasteiger partial charge in [0.05, 0.1) is 12.7 Å². The lowest BCUT2D eigenvalue weighted by atomic mass is 9.90. The Morgan fingerprint density at radius 2 is 1.76 bits per heavy atom. The summed E-state index contributed by atoms with van der Waals surface area (Å²) in [7, 11) is 3.65. The average molecular weight is 453 g/mol. The third-order valence-corrected chi connectivity index (χ3v) is 6.69. The summed E-state index contributed by atoms with van der Waals surface area (Å²) in [5.74, 6) is 0.668. The molecule has 3 aromatic carbocycles. The second kappa shape index (κ2) is 7.46. The molecule has 5 aromatic rings. The zero-order chi connectivity index (χ0) is 27.2. The third kappa shape index (κ3) is 3.22. The van der Waals surface area contributed by atoms with Crippen LogP contribution in [0.25, 0.3) is 44.3 Å². The number of methoxy groups -OCH3 is 1. The summed E-state index contributed by atoms with van der Waals surface area (Å²) in [4.78, 5) is 0. The lowest BCUT2D eigenvalue weighted by Crippen LogP contribution is -2.30. The maximum absolute atomic E-state index is 8.86. The van der Waals surface area contributed by atoms with Gasteiger partial charge in [-0.2, -0.15) is 0 Å². The smallest absolute Gasteiger partial charge is 0.216 e. The van der Waals surface area contributed by atoms with Gasteiger partial charge in [-0.1, -0.05) is 44.2 Å². The van der Waals surface area contributed by atoms with Crippen molar-refractivity contribution in [1.82, 2.24) is 0 Å². The Morgan fingerprint density at radius 3 is 2.56 bits per heavy atom. The Kier molecular flexibility index (Phi) is 3.72. The van der Waals surface area contributed by atoms with E-state index in [1.165, 1.54) is 0 Å². The number of nitrogens with zero attached hydrogens (tertiary/aromatic N) is 1. The molecular formula is C31H30NO2+. The Morgan fingerprint density at radius 1 is 0.941 bits per heavy atom. The summed E-state index contributed by atoms with van der Waals surface area (Å²) in [5, 5.41) is 1.88. The van der Waals surface area contributed by atoms with Crippen molar-refractivity contribution in [3.05, 3.63) is 83.6 Å². The van der Waals surface area contributed by atoms with Gasteiger partial charge in [0.1, 0.15) is 24.0 Å². The topological polar surface area (TPSA) is 26.2 Å². The van der Waals surface area contributed by atoms with E-state index in [1.54, 1.807) is 33.1 Å². The highest BCUT2D eigenvalue weighted by atomic mass is 16.5. The molecule has 0 radical (unpaired) electrons. The van der Waals surface area contributed by atoms with E-state index >= 15 is 0 Å². The Bertz CT molecular complexity index is 1770. The highest BCUT2D eigenvalue weighted by molar-refractivity contribution is 6.13. The van der Waals surface area contributed by atoms with Crippen molar-refractivity contribution >= 4 is 21.9 Å². The summed E-state index contributed by atoms with van der Waals surface area (Å²) in [6, 6.07) is 19.5. The van der Waals surface area contributed by atoms with Crippen LogP contribution in [-0.4, -0.2) is 7.11 Å². The van der Waals surface area contributed by atoms with Gasteiger partial charge in [0.2, 0.25) is 5.69 Å². The van der Waals surface area contributed by atoms with Gasteiger partial charge in [-0.05, 0) is 65.5 Å². The first-order valence-electron chi connectivity index (χ1n) is 13.5. The second-order valence-electron chi connectivity index (χ2n) is 9.62. The maximum atomic E-state index is 8.86. The molecule has 0 N–H and O–H groups in total. The van der Waals surface area contributed by atoms with Crippen LogP contribution in [0.4, 0.5) is 0 Å². The number of fused-ring (bicyclic) bond motifs is 4. The summed E-state index contributed by atoms with van der Waals surface area (Å²) < 4.78 is 49.5. The van der Waals surface area contributed by atoms with Crippen molar-refractivity contribution in [3.8, 4) is 28.1 Å². The fraction of sp³-hybridized carbons (Fsp3) is 0.258. The molecule has 0 saturated carbocycles. The fourth-order valence-electron chi connectivity index (χ4n) is 5.08. The highest BCUT2D eigenvalue weighted by Gasteiger charge is 2.29. The molecule has 2 heterocycles. The van der Waals surface area contributed by atoms with E-state index in [2.05, 4.69) is 29.7 Å². The number of rotatable bonds is 3. The number of aromatic nitrogens is 1. The van der Waals surface area contributed by atoms with Gasteiger partial charge in [-0.3, -0.25) is 0 Å². The molecule has 2 aromatic heterocycles. The first-order chi connectivity index (χ1) is 17.9. The molecule has 0 fully saturated rings. The van der Waals surface area contributed by atoms with Crippen molar-refractivity contribution in [2.45, 2.75) is 33.5 Å². The van der Waals surface area contributed by atoms with Crippen molar-refractivity contribution in [2.24, 2.45) is 12.5 Å². The highest BCUT2D eigenvalue weighted by Crippen LogP contribution is 2.44. The van der Waals surface area contributed by atoms with E-state index in [-0.39, 0.29) is 0 Å². The zero-order valence-corrected chi connectivity index (χ0v) is 20.1. The molecule has 170 valence electrons. The van der Waals surface area contributed by atoms with Crippen LogP contribution >= 0.6 is 0 Å². The molecule has 0 unspecified atom stereocenters. The molecule has 0 atom stereocenters. The SMILES string of the molecule is [2H]C1([2H])c2ccc(-c3cc(OC)cc4c3oc3c(-c5cccc[n+]5C)c(C)ccc34)cc2C([2H])([2H])C1(C)C. The minimum atomic E-state index is -1.85. The summed E-state index contributed by atoms with van der Waals surface area (Å²) in [6.45, 7) is 5.39. The van der Waals surface area contributed by atoms with Gasteiger partial charge < -0.3 is 9.15 Å². The van der Waals surface area contributed by atoms with Crippen LogP contribution in [0.5, 0.6) is 5.75 Å². The lowest BCUT2D eigenvalue weighted by Gasteiger charge is -2.14. The van der Waals surface area contributed by atoms with Crippen LogP contribution in [-0.2, 0) is 19.8 Å². The number of hydrogen-bond acceptors (Lipinski definition) is 2. The molecule has 3 nitrogen and oxygen atoms in total. The quantitative estimate of drug-likeness (QED) is 0.271. The lowest BCUT2D eigenvalue weighted by molar-refractivity contribution is -0.660. The second-order valence-corrected chi connectivity index (χ2v) is 9.62. The molecule has 0 bridgehead atoms. The first kappa shape index (κ1) is 16.9. The van der Waals surface area contributed by atoms with E-state index in [4.69, 9.17) is 14.6 Å². The minimum absolute atomic E-state index is 0.380. The van der Waals surface area contributed by atoms with Crippen molar-refractivity contribution in [3.63, 3.8) is 0 Å². The molecule has 0 saturated heterocycles. The number of hydrogen-bond donors (Lipinski definition) is 0. The summed E-state index contributed by atoms with van der Waals surface area (Å²) >= 11 is 0. The summed E-state index contributed by atoms with van der Waals surface area (Å²) in [6.07, 6.45) is -1.63. The molecule has 0 spiro atoms. The van der Waals surface area contributed by atoms with E-state index in [0.29, 0.717) is 22.5 Å². The van der Waals surface area contributed by atoms with Crippen molar-refractivity contribution < 1.29 is 19.2 Å². The first-order valence-corrected chi connectivity index (χ1v) is 11.5. The van der Waals surface area contributed by atoms with Crippen molar-refractivity contribution in [2.75, 3.05) is 7.11 Å². The predicted octanol–water partition coefficient (Wildman–Crippen LogP) is 7.19. The summed E-state index contributed by atoms with van der Waals surface area (Å²) in [5.41, 5.74) is 5.72. The van der Waals surface area contributed by atoms with Crippen LogP contribution in [0, 0.1) is 12.3 Å².